The summed E-state index contributed by atoms with van der Waals surface area (Å²) in [5.74, 6) is -0.0466. The fourth-order valence-corrected chi connectivity index (χ4v) is 3.09. The van der Waals surface area contributed by atoms with Crippen LogP contribution in [-0.4, -0.2) is 5.91 Å². The first-order chi connectivity index (χ1) is 8.61. The van der Waals surface area contributed by atoms with Crippen LogP contribution in [0.2, 0.25) is 0 Å². The number of aryl methyl sites for hydroxylation is 2. The Hall–Kier alpha value is -1.13. The van der Waals surface area contributed by atoms with E-state index in [1.54, 1.807) is 0 Å². The summed E-state index contributed by atoms with van der Waals surface area (Å²) in [6.07, 6.45) is 0.908. The second-order valence-corrected chi connectivity index (χ2v) is 6.48. The van der Waals surface area contributed by atoms with Gasteiger partial charge in [-0.15, -0.1) is 11.3 Å². The molecule has 1 aromatic heterocycles. The molecule has 2 rings (SSSR count). The highest BCUT2D eigenvalue weighted by Crippen LogP contribution is 2.25. The number of amides is 1. The van der Waals surface area contributed by atoms with Crippen LogP contribution in [0.4, 0.5) is 5.69 Å². The van der Waals surface area contributed by atoms with Gasteiger partial charge in [-0.2, -0.15) is 0 Å². The zero-order chi connectivity index (χ0) is 13.1. The average molecular weight is 324 g/mol. The van der Waals surface area contributed by atoms with Gasteiger partial charge in [0, 0.05) is 5.69 Å². The zero-order valence-corrected chi connectivity index (χ0v) is 12.7. The molecule has 0 saturated heterocycles. The van der Waals surface area contributed by atoms with Gasteiger partial charge in [0.2, 0.25) is 0 Å². The Kier molecular flexibility index (Phi) is 4.19. The largest absolute Gasteiger partial charge is 0.321 e. The van der Waals surface area contributed by atoms with Crippen LogP contribution >= 0.6 is 27.3 Å². The van der Waals surface area contributed by atoms with Crippen molar-refractivity contribution in [1.82, 2.24) is 0 Å². The molecule has 1 heterocycles. The van der Waals surface area contributed by atoms with Gasteiger partial charge in [0.25, 0.3) is 5.91 Å². The molecule has 0 aliphatic rings. The minimum absolute atomic E-state index is 0.0466. The van der Waals surface area contributed by atoms with E-state index in [2.05, 4.69) is 28.2 Å². The number of benzene rings is 1. The Morgan fingerprint density at radius 3 is 2.72 bits per heavy atom. The molecule has 18 heavy (non-hydrogen) atoms. The van der Waals surface area contributed by atoms with Gasteiger partial charge in [0.15, 0.2) is 0 Å². The lowest BCUT2D eigenvalue weighted by atomic mass is 10.1. The average Bonchev–Trinajstić information content (AvgIpc) is 2.78. The van der Waals surface area contributed by atoms with Crippen molar-refractivity contribution in [2.75, 3.05) is 5.32 Å². The Morgan fingerprint density at radius 2 is 2.11 bits per heavy atom. The number of halogens is 1. The first-order valence-electron chi connectivity index (χ1n) is 5.77. The maximum absolute atomic E-state index is 12.1. The normalized spacial score (nSPS) is 10.4. The van der Waals surface area contributed by atoms with Crippen LogP contribution in [0.5, 0.6) is 0 Å². The van der Waals surface area contributed by atoms with E-state index in [4.69, 9.17) is 0 Å². The van der Waals surface area contributed by atoms with E-state index in [-0.39, 0.29) is 5.91 Å². The number of para-hydroxylation sites is 1. The molecule has 0 atom stereocenters. The molecule has 2 nitrogen and oxygen atoms in total. The minimum atomic E-state index is -0.0466. The van der Waals surface area contributed by atoms with Crippen LogP contribution in [0.1, 0.15) is 27.7 Å². The van der Waals surface area contributed by atoms with E-state index in [0.29, 0.717) is 4.88 Å². The quantitative estimate of drug-likeness (QED) is 0.876. The van der Waals surface area contributed by atoms with Crippen molar-refractivity contribution >= 4 is 38.9 Å². The summed E-state index contributed by atoms with van der Waals surface area (Å²) in [6.45, 7) is 4.10. The van der Waals surface area contributed by atoms with Crippen molar-refractivity contribution in [2.45, 2.75) is 20.3 Å². The lowest BCUT2D eigenvalue weighted by molar-refractivity contribution is 0.103. The van der Waals surface area contributed by atoms with E-state index in [1.807, 2.05) is 37.3 Å². The summed E-state index contributed by atoms with van der Waals surface area (Å²) < 4.78 is 0.966. The Morgan fingerprint density at radius 1 is 1.33 bits per heavy atom. The number of anilines is 1. The van der Waals surface area contributed by atoms with Gasteiger partial charge < -0.3 is 5.32 Å². The van der Waals surface area contributed by atoms with Crippen molar-refractivity contribution in [3.63, 3.8) is 0 Å². The van der Waals surface area contributed by atoms with Gasteiger partial charge in [-0.1, -0.05) is 25.1 Å². The molecule has 0 spiro atoms. The fraction of sp³-hybridized carbons (Fsp3) is 0.214. The second-order valence-electron chi connectivity index (χ2n) is 4.02. The van der Waals surface area contributed by atoms with Crippen molar-refractivity contribution in [1.29, 1.82) is 0 Å². The molecule has 0 aliphatic heterocycles. The first kappa shape index (κ1) is 13.3. The SMILES string of the molecule is CCc1cccc(C)c1NC(=O)c1ccc(Br)s1. The number of nitrogens with one attached hydrogen (secondary N) is 1. The van der Waals surface area contributed by atoms with Crippen LogP contribution in [-0.2, 0) is 6.42 Å². The zero-order valence-electron chi connectivity index (χ0n) is 10.3. The van der Waals surface area contributed by atoms with E-state index >= 15 is 0 Å². The number of hydrogen-bond acceptors (Lipinski definition) is 2. The van der Waals surface area contributed by atoms with Crippen LogP contribution in [0.3, 0.4) is 0 Å². The van der Waals surface area contributed by atoms with Crippen molar-refractivity contribution in [3.05, 3.63) is 50.1 Å². The molecule has 2 aromatic rings. The first-order valence-corrected chi connectivity index (χ1v) is 7.38. The highest BCUT2D eigenvalue weighted by Gasteiger charge is 2.12. The molecule has 0 radical (unpaired) electrons. The Labute approximate surface area is 119 Å². The van der Waals surface area contributed by atoms with Gasteiger partial charge in [-0.05, 0) is 52.5 Å². The Bertz CT molecular complexity index is 577. The lowest BCUT2D eigenvalue weighted by Crippen LogP contribution is -2.12. The molecule has 0 saturated carbocycles. The number of hydrogen-bond donors (Lipinski definition) is 1. The molecule has 1 amide bonds. The van der Waals surface area contributed by atoms with Crippen molar-refractivity contribution in [3.8, 4) is 0 Å². The standard InChI is InChI=1S/C14H14BrNOS/c1-3-10-6-4-5-9(2)13(10)16-14(17)11-7-8-12(15)18-11/h4-8H,3H2,1-2H3,(H,16,17). The summed E-state index contributed by atoms with van der Waals surface area (Å²) in [6, 6.07) is 9.80. The molecule has 0 aliphatic carbocycles. The highest BCUT2D eigenvalue weighted by atomic mass is 79.9. The summed E-state index contributed by atoms with van der Waals surface area (Å²) in [5, 5.41) is 3.01. The van der Waals surface area contributed by atoms with Crippen LogP contribution < -0.4 is 5.32 Å². The molecule has 1 N–H and O–H groups in total. The molecular formula is C14H14BrNOS. The monoisotopic (exact) mass is 323 g/mol. The van der Waals surface area contributed by atoms with Crippen LogP contribution in [0, 0.1) is 6.92 Å². The van der Waals surface area contributed by atoms with E-state index < -0.39 is 0 Å². The van der Waals surface area contributed by atoms with Gasteiger partial charge in [-0.25, -0.2) is 0 Å². The number of carbonyl (C=O) groups is 1. The third kappa shape index (κ3) is 2.82. The fourth-order valence-electron chi connectivity index (χ4n) is 1.81. The summed E-state index contributed by atoms with van der Waals surface area (Å²) in [5.41, 5.74) is 3.20. The molecule has 0 fully saturated rings. The predicted octanol–water partition coefficient (Wildman–Crippen LogP) is 4.63. The van der Waals surface area contributed by atoms with E-state index in [0.717, 1.165) is 21.5 Å². The molecule has 0 bridgehead atoms. The van der Waals surface area contributed by atoms with Gasteiger partial charge >= 0.3 is 0 Å². The third-order valence-electron chi connectivity index (χ3n) is 2.78. The van der Waals surface area contributed by atoms with Gasteiger partial charge in [0.1, 0.15) is 0 Å². The summed E-state index contributed by atoms with van der Waals surface area (Å²) in [4.78, 5) is 12.8. The topological polar surface area (TPSA) is 29.1 Å². The highest BCUT2D eigenvalue weighted by molar-refractivity contribution is 9.11. The van der Waals surface area contributed by atoms with Crippen molar-refractivity contribution in [2.24, 2.45) is 0 Å². The maximum atomic E-state index is 12.1. The van der Waals surface area contributed by atoms with Crippen molar-refractivity contribution < 1.29 is 4.79 Å². The molecular weight excluding hydrogens is 310 g/mol. The molecule has 4 heteroatoms. The predicted molar refractivity (Wildman–Crippen MR) is 80.5 cm³/mol. The summed E-state index contributed by atoms with van der Waals surface area (Å²) >= 11 is 4.81. The number of thiophene rings is 1. The second kappa shape index (κ2) is 5.67. The van der Waals surface area contributed by atoms with Crippen LogP contribution in [0.15, 0.2) is 34.1 Å². The maximum Gasteiger partial charge on any atom is 0.265 e. The Balaban J connectivity index is 2.26. The number of rotatable bonds is 3. The summed E-state index contributed by atoms with van der Waals surface area (Å²) in [7, 11) is 0. The van der Waals surface area contributed by atoms with E-state index in [9.17, 15) is 4.79 Å². The van der Waals surface area contributed by atoms with E-state index in [1.165, 1.54) is 16.9 Å². The van der Waals surface area contributed by atoms with Gasteiger partial charge in [-0.3, -0.25) is 4.79 Å². The number of carbonyl (C=O) groups excluding carboxylic acids is 1. The smallest absolute Gasteiger partial charge is 0.265 e. The minimum Gasteiger partial charge on any atom is -0.321 e. The van der Waals surface area contributed by atoms with Crippen LogP contribution in [0.25, 0.3) is 0 Å². The molecule has 1 aromatic carbocycles. The molecule has 94 valence electrons. The third-order valence-corrected chi connectivity index (χ3v) is 4.40. The molecule has 0 unspecified atom stereocenters. The van der Waals surface area contributed by atoms with Gasteiger partial charge in [0.05, 0.1) is 8.66 Å². The lowest BCUT2D eigenvalue weighted by Gasteiger charge is -2.12.